The van der Waals surface area contributed by atoms with Crippen LogP contribution in [-0.4, -0.2) is 23.7 Å². The van der Waals surface area contributed by atoms with Gasteiger partial charge in [0.15, 0.2) is 11.5 Å². The lowest BCUT2D eigenvalue weighted by Crippen LogP contribution is -2.33. The summed E-state index contributed by atoms with van der Waals surface area (Å²) in [5.74, 6) is 0.279. The zero-order chi connectivity index (χ0) is 19.6. The third-order valence-electron chi connectivity index (χ3n) is 4.14. The minimum Gasteiger partial charge on any atom is -0.493 e. The van der Waals surface area contributed by atoms with Gasteiger partial charge in [0, 0.05) is 18.7 Å². The molecule has 1 aromatic heterocycles. The Bertz CT molecular complexity index is 1130. The van der Waals surface area contributed by atoms with E-state index >= 15 is 0 Å². The highest BCUT2D eigenvalue weighted by Crippen LogP contribution is 2.27. The Hall–Kier alpha value is -3.62. The minimum atomic E-state index is -0.818. The average molecular weight is 372 g/mol. The standard InChI is InChI=1S/C18H16N2O7/c1-25-15-5-3-11(9-16(15)26-2)7-8-19-17(21)13-10-12(20(23)24)4-6-14(13)27-18(19)22/h3-6,9-10H,7-8H2,1-2H3. The van der Waals surface area contributed by atoms with Gasteiger partial charge in [-0.3, -0.25) is 14.9 Å². The molecule has 9 heteroatoms. The van der Waals surface area contributed by atoms with Crippen LogP contribution in [0, 0.1) is 10.1 Å². The lowest BCUT2D eigenvalue weighted by Gasteiger charge is -2.10. The van der Waals surface area contributed by atoms with Gasteiger partial charge in [-0.15, -0.1) is 0 Å². The summed E-state index contributed by atoms with van der Waals surface area (Å²) in [4.78, 5) is 35.0. The van der Waals surface area contributed by atoms with Gasteiger partial charge >= 0.3 is 5.76 Å². The van der Waals surface area contributed by atoms with Crippen LogP contribution in [0.15, 0.2) is 50.4 Å². The maximum absolute atomic E-state index is 12.6. The van der Waals surface area contributed by atoms with Gasteiger partial charge in [-0.05, 0) is 30.2 Å². The number of aromatic nitrogens is 1. The maximum atomic E-state index is 12.6. The topological polar surface area (TPSA) is 114 Å². The molecule has 0 amide bonds. The smallest absolute Gasteiger partial charge is 0.422 e. The second kappa shape index (κ2) is 7.32. The van der Waals surface area contributed by atoms with E-state index in [9.17, 15) is 19.7 Å². The van der Waals surface area contributed by atoms with Gasteiger partial charge in [0.2, 0.25) is 0 Å². The van der Waals surface area contributed by atoms with Crippen molar-refractivity contribution in [2.75, 3.05) is 14.2 Å². The molecular formula is C18H16N2O7. The van der Waals surface area contributed by atoms with E-state index in [1.165, 1.54) is 26.4 Å². The first-order chi connectivity index (χ1) is 12.9. The van der Waals surface area contributed by atoms with Gasteiger partial charge < -0.3 is 13.9 Å². The SMILES string of the molecule is COc1ccc(CCn2c(=O)oc3ccc([N+](=O)[O-])cc3c2=O)cc1OC. The van der Waals surface area contributed by atoms with Gasteiger partial charge in [0.05, 0.1) is 24.5 Å². The highest BCUT2D eigenvalue weighted by atomic mass is 16.6. The number of non-ortho nitro benzene ring substituents is 1. The Morgan fingerprint density at radius 2 is 1.81 bits per heavy atom. The zero-order valence-electron chi connectivity index (χ0n) is 14.6. The molecule has 0 fully saturated rings. The number of methoxy groups -OCH3 is 2. The Morgan fingerprint density at radius 3 is 2.48 bits per heavy atom. The van der Waals surface area contributed by atoms with E-state index < -0.39 is 16.2 Å². The summed E-state index contributed by atoms with van der Waals surface area (Å²) in [7, 11) is 3.04. The quantitative estimate of drug-likeness (QED) is 0.481. The summed E-state index contributed by atoms with van der Waals surface area (Å²) in [6.45, 7) is 0.0509. The summed E-state index contributed by atoms with van der Waals surface area (Å²) in [5, 5.41) is 10.9. The number of hydrogen-bond donors (Lipinski definition) is 0. The normalized spacial score (nSPS) is 10.7. The molecule has 0 saturated carbocycles. The molecular weight excluding hydrogens is 356 g/mol. The van der Waals surface area contributed by atoms with Crippen molar-refractivity contribution in [2.24, 2.45) is 0 Å². The molecule has 0 unspecified atom stereocenters. The van der Waals surface area contributed by atoms with Crippen LogP contribution >= 0.6 is 0 Å². The van der Waals surface area contributed by atoms with Crippen LogP contribution in [-0.2, 0) is 13.0 Å². The number of nitro benzene ring substituents is 1. The second-order valence-electron chi connectivity index (χ2n) is 5.70. The number of nitro groups is 1. The fraction of sp³-hybridized carbons (Fsp3) is 0.222. The summed E-state index contributed by atoms with van der Waals surface area (Å²) >= 11 is 0. The molecule has 0 aliphatic rings. The van der Waals surface area contributed by atoms with Crippen LogP contribution in [0.5, 0.6) is 11.5 Å². The zero-order valence-corrected chi connectivity index (χ0v) is 14.6. The molecule has 3 rings (SSSR count). The first-order valence-corrected chi connectivity index (χ1v) is 7.97. The summed E-state index contributed by atoms with van der Waals surface area (Å²) < 4.78 is 16.4. The van der Waals surface area contributed by atoms with Crippen molar-refractivity contribution in [1.82, 2.24) is 4.57 Å². The van der Waals surface area contributed by atoms with Crippen molar-refractivity contribution in [3.63, 3.8) is 0 Å². The van der Waals surface area contributed by atoms with Gasteiger partial charge in [0.1, 0.15) is 5.58 Å². The Labute approximate surface area is 152 Å². The molecule has 140 valence electrons. The first kappa shape index (κ1) is 18.2. The van der Waals surface area contributed by atoms with Crippen LogP contribution < -0.4 is 20.8 Å². The fourth-order valence-corrected chi connectivity index (χ4v) is 2.74. The lowest BCUT2D eigenvalue weighted by molar-refractivity contribution is -0.384. The van der Waals surface area contributed by atoms with Crippen LogP contribution in [0.2, 0.25) is 0 Å². The summed E-state index contributed by atoms with van der Waals surface area (Å²) in [6, 6.07) is 8.79. The minimum absolute atomic E-state index is 0.0120. The van der Waals surface area contributed by atoms with Crippen LogP contribution in [0.4, 0.5) is 5.69 Å². The first-order valence-electron chi connectivity index (χ1n) is 7.97. The second-order valence-corrected chi connectivity index (χ2v) is 5.70. The molecule has 3 aromatic rings. The van der Waals surface area contributed by atoms with E-state index in [1.54, 1.807) is 18.2 Å². The average Bonchev–Trinajstić information content (AvgIpc) is 2.67. The third-order valence-corrected chi connectivity index (χ3v) is 4.14. The van der Waals surface area contributed by atoms with Crippen molar-refractivity contribution in [3.8, 4) is 11.5 Å². The molecule has 9 nitrogen and oxygen atoms in total. The number of nitrogens with zero attached hydrogens (tertiary/aromatic N) is 2. The molecule has 0 aliphatic heterocycles. The molecule has 2 aromatic carbocycles. The van der Waals surface area contributed by atoms with E-state index in [0.717, 1.165) is 16.2 Å². The largest absolute Gasteiger partial charge is 0.493 e. The Kier molecular flexibility index (Phi) is 4.93. The Morgan fingerprint density at radius 1 is 1.07 bits per heavy atom. The van der Waals surface area contributed by atoms with Gasteiger partial charge in [-0.25, -0.2) is 9.36 Å². The molecule has 0 N–H and O–H groups in total. The van der Waals surface area contributed by atoms with Crippen molar-refractivity contribution in [3.05, 3.63) is 73.0 Å². The van der Waals surface area contributed by atoms with Crippen LogP contribution in [0.25, 0.3) is 11.0 Å². The number of ether oxygens (including phenoxy) is 2. The van der Waals surface area contributed by atoms with E-state index in [1.807, 2.05) is 0 Å². The van der Waals surface area contributed by atoms with Crippen molar-refractivity contribution < 1.29 is 18.8 Å². The molecule has 1 heterocycles. The van der Waals surface area contributed by atoms with Crippen LogP contribution in [0.1, 0.15) is 5.56 Å². The molecule has 0 saturated heterocycles. The monoisotopic (exact) mass is 372 g/mol. The van der Waals surface area contributed by atoms with E-state index in [0.29, 0.717) is 17.9 Å². The number of hydrogen-bond acceptors (Lipinski definition) is 7. The van der Waals surface area contributed by atoms with Crippen molar-refractivity contribution >= 4 is 16.7 Å². The highest BCUT2D eigenvalue weighted by Gasteiger charge is 2.14. The van der Waals surface area contributed by atoms with Gasteiger partial charge in [0.25, 0.3) is 11.2 Å². The Balaban J connectivity index is 1.96. The molecule has 0 atom stereocenters. The molecule has 0 bridgehead atoms. The van der Waals surface area contributed by atoms with Crippen molar-refractivity contribution in [2.45, 2.75) is 13.0 Å². The van der Waals surface area contributed by atoms with Crippen LogP contribution in [0.3, 0.4) is 0 Å². The third kappa shape index (κ3) is 3.52. The lowest BCUT2D eigenvalue weighted by atomic mass is 10.1. The predicted molar refractivity (Wildman–Crippen MR) is 96.6 cm³/mol. The number of benzene rings is 2. The maximum Gasteiger partial charge on any atom is 0.422 e. The van der Waals surface area contributed by atoms with E-state index in [4.69, 9.17) is 13.9 Å². The highest BCUT2D eigenvalue weighted by molar-refractivity contribution is 5.78. The number of fused-ring (bicyclic) bond motifs is 1. The van der Waals surface area contributed by atoms with Crippen molar-refractivity contribution in [1.29, 1.82) is 0 Å². The predicted octanol–water partition coefficient (Wildman–Crippen LogP) is 2.12. The number of aryl methyl sites for hydroxylation is 1. The van der Waals surface area contributed by atoms with Gasteiger partial charge in [-0.2, -0.15) is 0 Å². The van der Waals surface area contributed by atoms with E-state index in [2.05, 4.69) is 0 Å². The van der Waals surface area contributed by atoms with Gasteiger partial charge in [-0.1, -0.05) is 6.07 Å². The molecule has 0 radical (unpaired) electrons. The molecule has 27 heavy (non-hydrogen) atoms. The summed E-state index contributed by atoms with van der Waals surface area (Å²) in [6.07, 6.45) is 0.353. The summed E-state index contributed by atoms with van der Waals surface area (Å²) in [5.41, 5.74) is -0.0543. The number of rotatable bonds is 6. The fourth-order valence-electron chi connectivity index (χ4n) is 2.74. The molecule has 0 aliphatic carbocycles. The molecule has 0 spiro atoms. The van der Waals surface area contributed by atoms with E-state index in [-0.39, 0.29) is 23.2 Å².